The molecule has 0 aliphatic heterocycles. The fourth-order valence-corrected chi connectivity index (χ4v) is 1.44. The molecule has 0 aliphatic rings. The third-order valence-electron chi connectivity index (χ3n) is 2.26. The van der Waals surface area contributed by atoms with Crippen LogP contribution < -0.4 is 5.32 Å². The maximum Gasteiger partial charge on any atom is 0.129 e. The SMILES string of the molecule is CC(C)(C)CNCC(O)c1ccccc1F. The van der Waals surface area contributed by atoms with Crippen molar-refractivity contribution in [2.75, 3.05) is 13.1 Å². The molecule has 1 aromatic carbocycles. The first-order chi connectivity index (χ1) is 7.40. The predicted octanol–water partition coefficient (Wildman–Crippen LogP) is 2.49. The van der Waals surface area contributed by atoms with Crippen molar-refractivity contribution in [3.05, 3.63) is 35.6 Å². The third kappa shape index (κ3) is 4.29. The van der Waals surface area contributed by atoms with E-state index in [1.54, 1.807) is 18.2 Å². The van der Waals surface area contributed by atoms with Crippen LogP contribution in [0.4, 0.5) is 4.39 Å². The number of hydrogen-bond donors (Lipinski definition) is 2. The van der Waals surface area contributed by atoms with Crippen molar-refractivity contribution in [2.45, 2.75) is 26.9 Å². The summed E-state index contributed by atoms with van der Waals surface area (Å²) in [5.41, 5.74) is 0.513. The molecule has 3 heteroatoms. The maximum absolute atomic E-state index is 13.3. The number of nitrogens with one attached hydrogen (secondary N) is 1. The average molecular weight is 225 g/mol. The number of hydrogen-bond acceptors (Lipinski definition) is 2. The van der Waals surface area contributed by atoms with Gasteiger partial charge in [0.15, 0.2) is 0 Å². The van der Waals surface area contributed by atoms with E-state index in [1.165, 1.54) is 6.07 Å². The fraction of sp³-hybridized carbons (Fsp3) is 0.538. The van der Waals surface area contributed by atoms with Crippen molar-refractivity contribution >= 4 is 0 Å². The minimum Gasteiger partial charge on any atom is -0.387 e. The largest absolute Gasteiger partial charge is 0.387 e. The van der Waals surface area contributed by atoms with Crippen molar-refractivity contribution in [3.8, 4) is 0 Å². The molecule has 1 rings (SSSR count). The maximum atomic E-state index is 13.3. The van der Waals surface area contributed by atoms with Gasteiger partial charge in [-0.05, 0) is 11.5 Å². The normalized spacial score (nSPS) is 13.8. The van der Waals surface area contributed by atoms with Crippen molar-refractivity contribution in [2.24, 2.45) is 5.41 Å². The summed E-state index contributed by atoms with van der Waals surface area (Å²) in [6.07, 6.45) is -0.788. The number of aliphatic hydroxyl groups is 1. The van der Waals surface area contributed by atoms with E-state index >= 15 is 0 Å². The molecule has 90 valence electrons. The number of halogens is 1. The van der Waals surface area contributed by atoms with Gasteiger partial charge in [-0.15, -0.1) is 0 Å². The van der Waals surface area contributed by atoms with Crippen LogP contribution in [0.15, 0.2) is 24.3 Å². The van der Waals surface area contributed by atoms with Crippen LogP contribution in [0.25, 0.3) is 0 Å². The summed E-state index contributed by atoms with van der Waals surface area (Å²) in [6.45, 7) is 7.48. The second-order valence-corrected chi connectivity index (χ2v) is 5.23. The number of aliphatic hydroxyl groups excluding tert-OH is 1. The monoisotopic (exact) mass is 225 g/mol. The lowest BCUT2D eigenvalue weighted by molar-refractivity contribution is 0.165. The fourth-order valence-electron chi connectivity index (χ4n) is 1.44. The Morgan fingerprint density at radius 1 is 1.31 bits per heavy atom. The Kier molecular flexibility index (Phi) is 4.44. The molecule has 0 saturated carbocycles. The van der Waals surface area contributed by atoms with Crippen LogP contribution in [0.1, 0.15) is 32.4 Å². The lowest BCUT2D eigenvalue weighted by atomic mass is 9.97. The van der Waals surface area contributed by atoms with E-state index in [-0.39, 0.29) is 11.2 Å². The molecular weight excluding hydrogens is 205 g/mol. The van der Waals surface area contributed by atoms with E-state index in [0.717, 1.165) is 6.54 Å². The molecule has 0 spiro atoms. The lowest BCUT2D eigenvalue weighted by Crippen LogP contribution is -2.30. The van der Waals surface area contributed by atoms with Gasteiger partial charge in [0.1, 0.15) is 5.82 Å². The van der Waals surface area contributed by atoms with Crippen LogP contribution in [0.3, 0.4) is 0 Å². The van der Waals surface area contributed by atoms with Crippen LogP contribution in [-0.4, -0.2) is 18.2 Å². The van der Waals surface area contributed by atoms with Crippen molar-refractivity contribution in [1.29, 1.82) is 0 Å². The molecule has 1 atom stereocenters. The van der Waals surface area contributed by atoms with Gasteiger partial charge in [0.2, 0.25) is 0 Å². The lowest BCUT2D eigenvalue weighted by Gasteiger charge is -2.20. The molecule has 16 heavy (non-hydrogen) atoms. The standard InChI is InChI=1S/C13H20FNO/c1-13(2,3)9-15-8-12(16)10-6-4-5-7-11(10)14/h4-7,12,15-16H,8-9H2,1-3H3. The molecule has 2 nitrogen and oxygen atoms in total. The molecule has 0 amide bonds. The third-order valence-corrected chi connectivity index (χ3v) is 2.26. The molecule has 0 saturated heterocycles. The van der Waals surface area contributed by atoms with Gasteiger partial charge in [-0.1, -0.05) is 39.0 Å². The quantitative estimate of drug-likeness (QED) is 0.825. The number of benzene rings is 1. The second kappa shape index (κ2) is 5.41. The van der Waals surface area contributed by atoms with Gasteiger partial charge in [-0.25, -0.2) is 4.39 Å². The van der Waals surface area contributed by atoms with Gasteiger partial charge in [-0.3, -0.25) is 0 Å². The Bertz CT molecular complexity index is 333. The van der Waals surface area contributed by atoms with Gasteiger partial charge in [0.25, 0.3) is 0 Å². The Hall–Kier alpha value is -0.930. The van der Waals surface area contributed by atoms with Crippen LogP contribution in [0, 0.1) is 11.2 Å². The zero-order chi connectivity index (χ0) is 12.2. The Morgan fingerprint density at radius 3 is 2.50 bits per heavy atom. The predicted molar refractivity (Wildman–Crippen MR) is 63.7 cm³/mol. The topological polar surface area (TPSA) is 32.3 Å². The van der Waals surface area contributed by atoms with Gasteiger partial charge in [0.05, 0.1) is 6.10 Å². The smallest absolute Gasteiger partial charge is 0.129 e. The van der Waals surface area contributed by atoms with Crippen LogP contribution in [0.2, 0.25) is 0 Å². The molecule has 0 aliphatic carbocycles. The Balaban J connectivity index is 2.47. The van der Waals surface area contributed by atoms with E-state index in [1.807, 2.05) is 0 Å². The molecular formula is C13H20FNO. The highest BCUT2D eigenvalue weighted by molar-refractivity contribution is 5.19. The summed E-state index contributed by atoms with van der Waals surface area (Å²) in [5, 5.41) is 12.9. The first-order valence-corrected chi connectivity index (χ1v) is 5.53. The molecule has 0 bridgehead atoms. The molecule has 0 radical (unpaired) electrons. The van der Waals surface area contributed by atoms with Crippen molar-refractivity contribution in [3.63, 3.8) is 0 Å². The van der Waals surface area contributed by atoms with E-state index < -0.39 is 6.10 Å². The summed E-state index contributed by atoms with van der Waals surface area (Å²) < 4.78 is 13.3. The molecule has 0 fully saturated rings. The second-order valence-electron chi connectivity index (χ2n) is 5.23. The average Bonchev–Trinajstić information content (AvgIpc) is 2.16. The Morgan fingerprint density at radius 2 is 1.94 bits per heavy atom. The molecule has 1 unspecified atom stereocenters. The molecule has 2 N–H and O–H groups in total. The summed E-state index contributed by atoms with van der Waals surface area (Å²) >= 11 is 0. The number of rotatable bonds is 4. The summed E-state index contributed by atoms with van der Waals surface area (Å²) in [4.78, 5) is 0. The van der Waals surface area contributed by atoms with Crippen LogP contribution in [-0.2, 0) is 0 Å². The first kappa shape index (κ1) is 13.1. The minimum absolute atomic E-state index is 0.162. The summed E-state index contributed by atoms with van der Waals surface area (Å²) in [7, 11) is 0. The Labute approximate surface area is 96.5 Å². The first-order valence-electron chi connectivity index (χ1n) is 5.53. The van der Waals surface area contributed by atoms with Gasteiger partial charge in [-0.2, -0.15) is 0 Å². The van der Waals surface area contributed by atoms with Crippen LogP contribution in [0.5, 0.6) is 0 Å². The highest BCUT2D eigenvalue weighted by Gasteiger charge is 2.14. The highest BCUT2D eigenvalue weighted by atomic mass is 19.1. The zero-order valence-corrected chi connectivity index (χ0v) is 10.1. The molecule has 1 aromatic rings. The van der Waals surface area contributed by atoms with Crippen molar-refractivity contribution < 1.29 is 9.50 Å². The molecule has 0 heterocycles. The molecule has 0 aromatic heterocycles. The van der Waals surface area contributed by atoms with E-state index in [4.69, 9.17) is 0 Å². The summed E-state index contributed by atoms with van der Waals surface area (Å²) in [6, 6.07) is 6.32. The summed E-state index contributed by atoms with van der Waals surface area (Å²) in [5.74, 6) is -0.354. The van der Waals surface area contributed by atoms with Crippen molar-refractivity contribution in [1.82, 2.24) is 5.32 Å². The van der Waals surface area contributed by atoms with Gasteiger partial charge < -0.3 is 10.4 Å². The van der Waals surface area contributed by atoms with Crippen LogP contribution >= 0.6 is 0 Å². The minimum atomic E-state index is -0.788. The van der Waals surface area contributed by atoms with E-state index in [2.05, 4.69) is 26.1 Å². The van der Waals surface area contributed by atoms with Gasteiger partial charge >= 0.3 is 0 Å². The highest BCUT2D eigenvalue weighted by Crippen LogP contribution is 2.16. The van der Waals surface area contributed by atoms with E-state index in [9.17, 15) is 9.50 Å². The zero-order valence-electron chi connectivity index (χ0n) is 10.1. The van der Waals surface area contributed by atoms with E-state index in [0.29, 0.717) is 12.1 Å². The van der Waals surface area contributed by atoms with Gasteiger partial charge in [0, 0.05) is 18.7 Å².